The monoisotopic (exact) mass is 306 g/mol. The molecule has 2 aromatic rings. The molecule has 0 unspecified atom stereocenters. The molecular weight excluding hydrogens is 288 g/mol. The van der Waals surface area contributed by atoms with Crippen LogP contribution in [0.3, 0.4) is 0 Å². The number of nitrogens with zero attached hydrogens (tertiary/aromatic N) is 2. The normalized spacial score (nSPS) is 11.2. The van der Waals surface area contributed by atoms with Crippen molar-refractivity contribution in [1.29, 1.82) is 0 Å². The van der Waals surface area contributed by atoms with Crippen LogP contribution in [0.2, 0.25) is 0 Å². The van der Waals surface area contributed by atoms with Gasteiger partial charge >= 0.3 is 0 Å². The molecule has 0 amide bonds. The van der Waals surface area contributed by atoms with Crippen molar-refractivity contribution < 1.29 is 8.42 Å². The second-order valence-corrected chi connectivity index (χ2v) is 6.44. The Labute approximate surface area is 124 Å². The maximum absolute atomic E-state index is 12.3. The Kier molecular flexibility index (Phi) is 4.42. The lowest BCUT2D eigenvalue weighted by molar-refractivity contribution is 0.600. The zero-order valence-corrected chi connectivity index (χ0v) is 13.0. The highest BCUT2D eigenvalue weighted by Gasteiger charge is 2.15. The number of aryl methyl sites for hydroxylation is 2. The lowest BCUT2D eigenvalue weighted by atomic mass is 10.1. The fourth-order valence-corrected chi connectivity index (χ4v) is 2.88. The molecule has 0 atom stereocenters. The van der Waals surface area contributed by atoms with Crippen LogP contribution in [-0.4, -0.2) is 24.9 Å². The summed E-state index contributed by atoms with van der Waals surface area (Å²) >= 11 is 0. The van der Waals surface area contributed by atoms with E-state index in [9.17, 15) is 8.42 Å². The van der Waals surface area contributed by atoms with Crippen molar-refractivity contribution in [2.45, 2.75) is 25.7 Å². The van der Waals surface area contributed by atoms with Crippen molar-refractivity contribution in [1.82, 2.24) is 9.97 Å². The third-order valence-electron chi connectivity index (χ3n) is 2.75. The van der Waals surface area contributed by atoms with Crippen LogP contribution in [0.25, 0.3) is 0 Å². The van der Waals surface area contributed by atoms with Gasteiger partial charge in [-0.2, -0.15) is 0 Å². The van der Waals surface area contributed by atoms with E-state index in [4.69, 9.17) is 0 Å². The van der Waals surface area contributed by atoms with E-state index in [1.807, 2.05) is 26.8 Å². The maximum Gasteiger partial charge on any atom is 0.264 e. The Morgan fingerprint density at radius 2 is 1.62 bits per heavy atom. The minimum absolute atomic E-state index is 0.0308. The van der Waals surface area contributed by atoms with Gasteiger partial charge in [0.1, 0.15) is 4.90 Å². The number of sulfonamides is 1. The van der Waals surface area contributed by atoms with Gasteiger partial charge in [-0.15, -0.1) is 0 Å². The smallest absolute Gasteiger partial charge is 0.264 e. The Bertz CT molecular complexity index is 707. The summed E-state index contributed by atoms with van der Waals surface area (Å²) in [6, 6.07) is 5.53. The Balaban J connectivity index is 2.25. The average molecular weight is 306 g/mol. The molecule has 0 saturated carbocycles. The van der Waals surface area contributed by atoms with Gasteiger partial charge in [-0.1, -0.05) is 6.07 Å². The number of nitrogens with one attached hydrogen (secondary N) is 2. The van der Waals surface area contributed by atoms with Crippen molar-refractivity contribution in [2.24, 2.45) is 0 Å². The van der Waals surface area contributed by atoms with Gasteiger partial charge < -0.3 is 5.32 Å². The first-order valence-electron chi connectivity index (χ1n) is 6.58. The fourth-order valence-electron chi connectivity index (χ4n) is 1.95. The van der Waals surface area contributed by atoms with Gasteiger partial charge in [-0.3, -0.25) is 4.72 Å². The van der Waals surface area contributed by atoms with Crippen LogP contribution >= 0.6 is 0 Å². The predicted molar refractivity (Wildman–Crippen MR) is 82.9 cm³/mol. The molecule has 0 saturated heterocycles. The number of benzene rings is 1. The molecule has 0 fully saturated rings. The van der Waals surface area contributed by atoms with Crippen LogP contribution in [0.5, 0.6) is 0 Å². The molecule has 0 aliphatic carbocycles. The summed E-state index contributed by atoms with van der Waals surface area (Å²) < 4.78 is 27.1. The second-order valence-electron chi connectivity index (χ2n) is 4.75. The van der Waals surface area contributed by atoms with Gasteiger partial charge in [-0.25, -0.2) is 18.4 Å². The molecule has 21 heavy (non-hydrogen) atoms. The van der Waals surface area contributed by atoms with Gasteiger partial charge in [0, 0.05) is 12.2 Å². The van der Waals surface area contributed by atoms with E-state index in [0.29, 0.717) is 18.2 Å². The molecule has 2 N–H and O–H groups in total. The van der Waals surface area contributed by atoms with Crippen LogP contribution in [0, 0.1) is 13.8 Å². The molecule has 1 aromatic carbocycles. The lowest BCUT2D eigenvalue weighted by Crippen LogP contribution is -2.14. The summed E-state index contributed by atoms with van der Waals surface area (Å²) in [6.07, 6.45) is 2.58. The van der Waals surface area contributed by atoms with Gasteiger partial charge in [0.2, 0.25) is 5.95 Å². The van der Waals surface area contributed by atoms with E-state index < -0.39 is 10.0 Å². The Morgan fingerprint density at radius 3 is 2.14 bits per heavy atom. The minimum Gasteiger partial charge on any atom is -0.355 e. The predicted octanol–water partition coefficient (Wildman–Crippen LogP) is 2.33. The molecule has 0 bridgehead atoms. The number of anilines is 2. The van der Waals surface area contributed by atoms with Gasteiger partial charge in [0.15, 0.2) is 0 Å². The van der Waals surface area contributed by atoms with Gasteiger partial charge in [-0.05, 0) is 44.0 Å². The second kappa shape index (κ2) is 6.09. The van der Waals surface area contributed by atoms with Gasteiger partial charge in [0.05, 0.1) is 12.4 Å². The highest BCUT2D eigenvalue weighted by molar-refractivity contribution is 7.92. The highest BCUT2D eigenvalue weighted by atomic mass is 32.2. The van der Waals surface area contributed by atoms with E-state index in [0.717, 1.165) is 11.1 Å². The third-order valence-corrected chi connectivity index (χ3v) is 4.08. The summed E-state index contributed by atoms with van der Waals surface area (Å²) in [5.41, 5.74) is 2.51. The first-order chi connectivity index (χ1) is 9.90. The average Bonchev–Trinajstić information content (AvgIpc) is 2.38. The molecule has 7 heteroatoms. The summed E-state index contributed by atoms with van der Waals surface area (Å²) in [6.45, 7) is 6.42. The van der Waals surface area contributed by atoms with Crippen LogP contribution in [0.1, 0.15) is 18.1 Å². The molecule has 0 spiro atoms. The number of hydrogen-bond donors (Lipinski definition) is 2. The summed E-state index contributed by atoms with van der Waals surface area (Å²) in [7, 11) is -3.68. The summed E-state index contributed by atoms with van der Waals surface area (Å²) in [5, 5.41) is 2.91. The Morgan fingerprint density at radius 1 is 1.05 bits per heavy atom. The van der Waals surface area contributed by atoms with Crippen molar-refractivity contribution in [3.05, 3.63) is 41.7 Å². The molecule has 0 aliphatic rings. The standard InChI is InChI=1S/C14H18N4O2S/c1-4-15-14-16-8-13(9-17-14)21(19,20)18-12-6-10(2)5-11(3)7-12/h5-9,18H,4H2,1-3H3,(H,15,16,17). The van der Waals surface area contributed by atoms with Crippen molar-refractivity contribution >= 4 is 21.7 Å². The maximum atomic E-state index is 12.3. The topological polar surface area (TPSA) is 84.0 Å². The minimum atomic E-state index is -3.68. The number of hydrogen-bond acceptors (Lipinski definition) is 5. The van der Waals surface area contributed by atoms with E-state index in [1.165, 1.54) is 12.4 Å². The summed E-state index contributed by atoms with van der Waals surface area (Å²) in [4.78, 5) is 7.97. The summed E-state index contributed by atoms with van der Waals surface area (Å²) in [5.74, 6) is 0.405. The van der Waals surface area contributed by atoms with Crippen molar-refractivity contribution in [3.8, 4) is 0 Å². The largest absolute Gasteiger partial charge is 0.355 e. The third kappa shape index (κ3) is 3.91. The van der Waals surface area contributed by atoms with Crippen LogP contribution in [0.15, 0.2) is 35.5 Å². The molecular formula is C14H18N4O2S. The molecule has 1 heterocycles. The molecule has 1 aromatic heterocycles. The lowest BCUT2D eigenvalue weighted by Gasteiger charge is -2.09. The fraction of sp³-hybridized carbons (Fsp3) is 0.286. The first kappa shape index (κ1) is 15.2. The van der Waals surface area contributed by atoms with E-state index >= 15 is 0 Å². The van der Waals surface area contributed by atoms with Crippen molar-refractivity contribution in [2.75, 3.05) is 16.6 Å². The van der Waals surface area contributed by atoms with Crippen LogP contribution in [-0.2, 0) is 10.0 Å². The number of rotatable bonds is 5. The van der Waals surface area contributed by atoms with E-state index in [-0.39, 0.29) is 4.90 Å². The zero-order chi connectivity index (χ0) is 15.5. The number of aromatic nitrogens is 2. The SMILES string of the molecule is CCNc1ncc(S(=O)(=O)Nc2cc(C)cc(C)c2)cn1. The van der Waals surface area contributed by atoms with E-state index in [1.54, 1.807) is 12.1 Å². The molecule has 0 aliphatic heterocycles. The van der Waals surface area contributed by atoms with Gasteiger partial charge in [0.25, 0.3) is 10.0 Å². The van der Waals surface area contributed by atoms with Crippen LogP contribution < -0.4 is 10.0 Å². The first-order valence-corrected chi connectivity index (χ1v) is 8.06. The van der Waals surface area contributed by atoms with E-state index in [2.05, 4.69) is 20.0 Å². The van der Waals surface area contributed by atoms with Crippen molar-refractivity contribution in [3.63, 3.8) is 0 Å². The molecule has 0 radical (unpaired) electrons. The molecule has 112 valence electrons. The Hall–Kier alpha value is -2.15. The zero-order valence-electron chi connectivity index (χ0n) is 12.2. The highest BCUT2D eigenvalue weighted by Crippen LogP contribution is 2.18. The quantitative estimate of drug-likeness (QED) is 0.885. The molecule has 6 nitrogen and oxygen atoms in total. The molecule has 2 rings (SSSR count). The van der Waals surface area contributed by atoms with Crippen LogP contribution in [0.4, 0.5) is 11.6 Å².